The van der Waals surface area contributed by atoms with Gasteiger partial charge in [-0.25, -0.2) is 0 Å². The Kier molecular flexibility index (Phi) is 6.87. The molecule has 1 atom stereocenters. The predicted octanol–water partition coefficient (Wildman–Crippen LogP) is 3.93. The van der Waals surface area contributed by atoms with Crippen LogP contribution in [0.2, 0.25) is 0 Å². The van der Waals surface area contributed by atoms with E-state index < -0.39 is 0 Å². The van der Waals surface area contributed by atoms with Gasteiger partial charge in [0.2, 0.25) is 5.91 Å². The Hall–Kier alpha value is -3.48. The number of carbonyl (C=O) groups excluding carboxylic acids is 4. The minimum Gasteiger partial charge on any atom is -0.466 e. The van der Waals surface area contributed by atoms with Gasteiger partial charge in [0.05, 0.1) is 24.2 Å². The quantitative estimate of drug-likeness (QED) is 0.330. The van der Waals surface area contributed by atoms with E-state index in [-0.39, 0.29) is 36.0 Å². The second-order valence-electron chi connectivity index (χ2n) is 8.39. The fourth-order valence-corrected chi connectivity index (χ4v) is 4.63. The second-order valence-corrected chi connectivity index (χ2v) is 8.39. The summed E-state index contributed by atoms with van der Waals surface area (Å²) in [7, 11) is 0. The molecule has 0 spiro atoms. The third-order valence-electron chi connectivity index (χ3n) is 6.24. The number of nitrogens with zero attached hydrogens (tertiary/aromatic N) is 2. The zero-order valence-corrected chi connectivity index (χ0v) is 18.8. The monoisotopic (exact) mass is 448 g/mol. The average Bonchev–Trinajstić information content (AvgIpc) is 3.30. The molecule has 2 aromatic rings. The van der Waals surface area contributed by atoms with Gasteiger partial charge in [-0.05, 0) is 43.5 Å². The number of benzene rings is 2. The molecule has 2 aromatic carbocycles. The van der Waals surface area contributed by atoms with Gasteiger partial charge in [-0.1, -0.05) is 36.8 Å². The first-order chi connectivity index (χ1) is 16.0. The zero-order chi connectivity index (χ0) is 23.4. The van der Waals surface area contributed by atoms with Crippen molar-refractivity contribution in [2.45, 2.75) is 44.9 Å². The molecule has 172 valence electrons. The van der Waals surface area contributed by atoms with Crippen molar-refractivity contribution in [3.05, 3.63) is 65.2 Å². The van der Waals surface area contributed by atoms with Gasteiger partial charge in [-0.3, -0.25) is 24.1 Å². The van der Waals surface area contributed by atoms with Gasteiger partial charge < -0.3 is 9.64 Å². The molecule has 0 N–H and O–H groups in total. The number of hydrogen-bond donors (Lipinski definition) is 0. The van der Waals surface area contributed by atoms with Crippen LogP contribution in [-0.2, 0) is 14.3 Å². The summed E-state index contributed by atoms with van der Waals surface area (Å²) in [4.78, 5) is 52.8. The third kappa shape index (κ3) is 4.67. The molecular formula is C26H28N2O5. The average molecular weight is 449 g/mol. The van der Waals surface area contributed by atoms with Crippen molar-refractivity contribution in [2.75, 3.05) is 24.6 Å². The highest BCUT2D eigenvalue weighted by atomic mass is 16.5. The van der Waals surface area contributed by atoms with Gasteiger partial charge in [0.1, 0.15) is 0 Å². The molecule has 2 aliphatic heterocycles. The number of fused-ring (bicyclic) bond motifs is 2. The molecule has 0 bridgehead atoms. The van der Waals surface area contributed by atoms with E-state index in [1.165, 1.54) is 4.90 Å². The van der Waals surface area contributed by atoms with Crippen LogP contribution in [0.5, 0.6) is 0 Å². The predicted molar refractivity (Wildman–Crippen MR) is 123 cm³/mol. The summed E-state index contributed by atoms with van der Waals surface area (Å²) >= 11 is 0. The van der Waals surface area contributed by atoms with Gasteiger partial charge in [0, 0.05) is 31.1 Å². The Balaban J connectivity index is 1.26. The number of carbonyl (C=O) groups is 4. The highest BCUT2D eigenvalue weighted by Crippen LogP contribution is 2.38. The maximum Gasteiger partial charge on any atom is 0.306 e. The van der Waals surface area contributed by atoms with Crippen molar-refractivity contribution in [3.8, 4) is 0 Å². The molecule has 0 radical (unpaired) electrons. The van der Waals surface area contributed by atoms with Crippen LogP contribution in [0.1, 0.15) is 71.2 Å². The number of hydrogen-bond acceptors (Lipinski definition) is 5. The number of imide groups is 1. The van der Waals surface area contributed by atoms with E-state index in [1.807, 2.05) is 24.3 Å². The lowest BCUT2D eigenvalue weighted by Gasteiger charge is -2.18. The fraction of sp³-hybridized carbons (Fsp3) is 0.385. The van der Waals surface area contributed by atoms with E-state index in [0.29, 0.717) is 50.1 Å². The second kappa shape index (κ2) is 9.98. The number of para-hydroxylation sites is 1. The van der Waals surface area contributed by atoms with E-state index in [0.717, 1.165) is 17.7 Å². The van der Waals surface area contributed by atoms with Gasteiger partial charge >= 0.3 is 5.97 Å². The van der Waals surface area contributed by atoms with E-state index in [1.54, 1.807) is 36.1 Å². The summed E-state index contributed by atoms with van der Waals surface area (Å²) in [5, 5.41) is 0. The molecule has 0 aromatic heterocycles. The first kappa shape index (κ1) is 22.7. The molecule has 7 nitrogen and oxygen atoms in total. The lowest BCUT2D eigenvalue weighted by molar-refractivity contribution is -0.143. The normalized spacial score (nSPS) is 16.7. The van der Waals surface area contributed by atoms with E-state index in [9.17, 15) is 19.2 Å². The first-order valence-electron chi connectivity index (χ1n) is 11.5. The maximum atomic E-state index is 12.9. The molecule has 2 aliphatic rings. The smallest absolute Gasteiger partial charge is 0.306 e. The summed E-state index contributed by atoms with van der Waals surface area (Å²) in [5.74, 6) is -0.770. The third-order valence-corrected chi connectivity index (χ3v) is 6.24. The molecule has 3 amide bonds. The molecule has 0 fully saturated rings. The molecule has 33 heavy (non-hydrogen) atoms. The van der Waals surface area contributed by atoms with E-state index >= 15 is 0 Å². The van der Waals surface area contributed by atoms with Gasteiger partial charge in [-0.15, -0.1) is 0 Å². The zero-order valence-electron chi connectivity index (χ0n) is 18.8. The van der Waals surface area contributed by atoms with Gasteiger partial charge in [0.25, 0.3) is 11.8 Å². The van der Waals surface area contributed by atoms with Crippen molar-refractivity contribution >= 4 is 29.4 Å². The van der Waals surface area contributed by atoms with Crippen molar-refractivity contribution in [1.82, 2.24) is 4.90 Å². The highest BCUT2D eigenvalue weighted by molar-refractivity contribution is 6.21. The summed E-state index contributed by atoms with van der Waals surface area (Å²) in [6.07, 6.45) is 2.70. The molecule has 7 heteroatoms. The Bertz CT molecular complexity index is 1040. The van der Waals surface area contributed by atoms with Crippen molar-refractivity contribution in [2.24, 2.45) is 0 Å². The van der Waals surface area contributed by atoms with Crippen molar-refractivity contribution < 1.29 is 23.9 Å². The molecule has 1 unspecified atom stereocenters. The SMILES string of the molecule is CCOC(=O)CC1CN(C(=O)CCCCCN2C(=O)c3ccccc3C2=O)c2ccccc21. The molecule has 0 saturated heterocycles. The van der Waals surface area contributed by atoms with Crippen LogP contribution in [-0.4, -0.2) is 48.3 Å². The summed E-state index contributed by atoms with van der Waals surface area (Å²) in [5.41, 5.74) is 2.79. The topological polar surface area (TPSA) is 84.0 Å². The molecule has 4 rings (SSSR count). The lowest BCUT2D eigenvalue weighted by Crippen LogP contribution is -2.31. The lowest BCUT2D eigenvalue weighted by atomic mass is 9.98. The maximum absolute atomic E-state index is 12.9. The van der Waals surface area contributed by atoms with E-state index in [2.05, 4.69) is 0 Å². The van der Waals surface area contributed by atoms with Crippen LogP contribution in [0.4, 0.5) is 5.69 Å². The van der Waals surface area contributed by atoms with Crippen molar-refractivity contribution in [1.29, 1.82) is 0 Å². The van der Waals surface area contributed by atoms with Crippen LogP contribution in [0.15, 0.2) is 48.5 Å². The number of anilines is 1. The number of unbranched alkanes of at least 4 members (excludes halogenated alkanes) is 2. The largest absolute Gasteiger partial charge is 0.466 e. The Labute approximate surface area is 193 Å². The molecule has 0 saturated carbocycles. The van der Waals surface area contributed by atoms with E-state index in [4.69, 9.17) is 4.74 Å². The minimum atomic E-state index is -0.250. The fourth-order valence-electron chi connectivity index (χ4n) is 4.63. The Morgan fingerprint density at radius 3 is 2.30 bits per heavy atom. The molecule has 0 aliphatic carbocycles. The molecule has 2 heterocycles. The minimum absolute atomic E-state index is 0.0227. The Morgan fingerprint density at radius 1 is 0.939 bits per heavy atom. The number of amides is 3. The van der Waals surface area contributed by atoms with Crippen LogP contribution in [0, 0.1) is 0 Å². The van der Waals surface area contributed by atoms with Gasteiger partial charge in [-0.2, -0.15) is 0 Å². The number of esters is 1. The van der Waals surface area contributed by atoms with Crippen LogP contribution in [0.25, 0.3) is 0 Å². The first-order valence-corrected chi connectivity index (χ1v) is 11.5. The van der Waals surface area contributed by atoms with Crippen LogP contribution >= 0.6 is 0 Å². The summed E-state index contributed by atoms with van der Waals surface area (Å²) < 4.78 is 5.09. The number of ether oxygens (including phenoxy) is 1. The summed E-state index contributed by atoms with van der Waals surface area (Å²) in [6.45, 7) is 2.96. The van der Waals surface area contributed by atoms with Crippen molar-refractivity contribution in [3.63, 3.8) is 0 Å². The standard InChI is InChI=1S/C26H28N2O5/c1-2-33-24(30)16-18-17-28(22-13-8-7-10-19(18)22)23(29)14-4-3-9-15-27-25(31)20-11-5-6-12-21(20)26(27)32/h5-8,10-13,18H,2-4,9,14-17H2,1H3. The molecular weight excluding hydrogens is 420 g/mol. The van der Waals surface area contributed by atoms with Crippen LogP contribution < -0.4 is 4.90 Å². The number of rotatable bonds is 9. The Morgan fingerprint density at radius 2 is 1.61 bits per heavy atom. The van der Waals surface area contributed by atoms with Crippen LogP contribution in [0.3, 0.4) is 0 Å². The van der Waals surface area contributed by atoms with Gasteiger partial charge in [0.15, 0.2) is 0 Å². The highest BCUT2D eigenvalue weighted by Gasteiger charge is 2.35. The summed E-state index contributed by atoms with van der Waals surface area (Å²) in [6, 6.07) is 14.6.